The third-order valence-corrected chi connectivity index (χ3v) is 2.90. The molecule has 0 aromatic heterocycles. The van der Waals surface area contributed by atoms with Gasteiger partial charge in [-0.05, 0) is 24.6 Å². The average Bonchev–Trinajstić information content (AvgIpc) is 1.94. The van der Waals surface area contributed by atoms with Crippen molar-refractivity contribution in [1.82, 2.24) is 0 Å². The zero-order valence-electron chi connectivity index (χ0n) is 8.72. The predicted octanol–water partition coefficient (Wildman–Crippen LogP) is 3.47. The van der Waals surface area contributed by atoms with E-state index in [-0.39, 0.29) is 4.75 Å². The van der Waals surface area contributed by atoms with Crippen LogP contribution in [0.15, 0.2) is 23.1 Å². The van der Waals surface area contributed by atoms with E-state index in [0.717, 1.165) is 5.69 Å². The highest BCUT2D eigenvalue weighted by Crippen LogP contribution is 2.34. The summed E-state index contributed by atoms with van der Waals surface area (Å²) in [7, 11) is 0. The molecule has 0 amide bonds. The van der Waals surface area contributed by atoms with Gasteiger partial charge in [-0.25, -0.2) is 0 Å². The first-order valence-electron chi connectivity index (χ1n) is 4.43. The minimum atomic E-state index is 0.249. The van der Waals surface area contributed by atoms with Crippen LogP contribution in [0.3, 0.4) is 0 Å². The van der Waals surface area contributed by atoms with E-state index in [9.17, 15) is 0 Å². The first-order chi connectivity index (χ1) is 5.88. The van der Waals surface area contributed by atoms with E-state index < -0.39 is 0 Å². The van der Waals surface area contributed by atoms with Crippen molar-refractivity contribution >= 4 is 17.4 Å². The van der Waals surface area contributed by atoms with Gasteiger partial charge in [-0.2, -0.15) is 0 Å². The molecule has 0 bridgehead atoms. The minimum absolute atomic E-state index is 0.249. The van der Waals surface area contributed by atoms with Gasteiger partial charge in [0, 0.05) is 15.3 Å². The largest absolute Gasteiger partial charge is 0.399 e. The molecule has 0 fully saturated rings. The Morgan fingerprint density at radius 2 is 1.85 bits per heavy atom. The fourth-order valence-electron chi connectivity index (χ4n) is 1.06. The van der Waals surface area contributed by atoms with Gasteiger partial charge in [0.2, 0.25) is 0 Å². The quantitative estimate of drug-likeness (QED) is 0.548. The highest BCUT2D eigenvalue weighted by atomic mass is 32.2. The number of nitrogens with two attached hydrogens (primary N) is 1. The van der Waals surface area contributed by atoms with Crippen LogP contribution < -0.4 is 5.73 Å². The van der Waals surface area contributed by atoms with Gasteiger partial charge >= 0.3 is 0 Å². The molecule has 1 aromatic carbocycles. The van der Waals surface area contributed by atoms with Gasteiger partial charge in [-0.1, -0.05) is 26.8 Å². The Morgan fingerprint density at radius 1 is 1.23 bits per heavy atom. The molecule has 1 aromatic rings. The SMILES string of the molecule is Cc1ccc(N)cc1SC(C)(C)C. The van der Waals surface area contributed by atoms with Crippen molar-refractivity contribution in [2.75, 3.05) is 5.73 Å². The van der Waals surface area contributed by atoms with Crippen molar-refractivity contribution in [3.05, 3.63) is 23.8 Å². The normalized spacial score (nSPS) is 11.7. The van der Waals surface area contributed by atoms with Gasteiger partial charge in [0.15, 0.2) is 0 Å². The lowest BCUT2D eigenvalue weighted by atomic mass is 10.2. The standard InChI is InChI=1S/C11H17NS/c1-8-5-6-9(12)7-10(8)13-11(2,3)4/h5-7H,12H2,1-4H3. The Balaban J connectivity index is 2.94. The van der Waals surface area contributed by atoms with Gasteiger partial charge in [0.25, 0.3) is 0 Å². The Labute approximate surface area is 84.7 Å². The summed E-state index contributed by atoms with van der Waals surface area (Å²) < 4.78 is 0.249. The molecule has 0 aliphatic carbocycles. The van der Waals surface area contributed by atoms with Crippen LogP contribution in [-0.2, 0) is 0 Å². The molecule has 72 valence electrons. The molecule has 0 unspecified atom stereocenters. The molecule has 0 heterocycles. The number of rotatable bonds is 1. The molecule has 0 saturated carbocycles. The number of aryl methyl sites for hydroxylation is 1. The first kappa shape index (κ1) is 10.5. The summed E-state index contributed by atoms with van der Waals surface area (Å²) in [5.41, 5.74) is 7.88. The van der Waals surface area contributed by atoms with Crippen LogP contribution in [0.2, 0.25) is 0 Å². The van der Waals surface area contributed by atoms with Crippen molar-refractivity contribution in [3.63, 3.8) is 0 Å². The fourth-order valence-corrected chi connectivity index (χ4v) is 2.14. The second kappa shape index (κ2) is 3.62. The number of hydrogen-bond donors (Lipinski definition) is 1. The molecule has 2 N–H and O–H groups in total. The molecular weight excluding hydrogens is 178 g/mol. The summed E-state index contributed by atoms with van der Waals surface area (Å²) in [6, 6.07) is 6.07. The topological polar surface area (TPSA) is 26.0 Å². The summed E-state index contributed by atoms with van der Waals surface area (Å²) in [5, 5.41) is 0. The van der Waals surface area contributed by atoms with Crippen molar-refractivity contribution in [1.29, 1.82) is 0 Å². The van der Waals surface area contributed by atoms with Crippen LogP contribution >= 0.6 is 11.8 Å². The summed E-state index contributed by atoms with van der Waals surface area (Å²) in [5.74, 6) is 0. The zero-order chi connectivity index (χ0) is 10.1. The van der Waals surface area contributed by atoms with Gasteiger partial charge in [0.05, 0.1) is 0 Å². The maximum absolute atomic E-state index is 5.73. The number of hydrogen-bond acceptors (Lipinski definition) is 2. The van der Waals surface area contributed by atoms with Gasteiger partial charge in [-0.15, -0.1) is 11.8 Å². The highest BCUT2D eigenvalue weighted by molar-refractivity contribution is 8.00. The summed E-state index contributed by atoms with van der Waals surface area (Å²) in [6.07, 6.45) is 0. The molecule has 0 saturated heterocycles. The lowest BCUT2D eigenvalue weighted by Crippen LogP contribution is -2.07. The number of thioether (sulfide) groups is 1. The predicted molar refractivity (Wildman–Crippen MR) is 61.2 cm³/mol. The van der Waals surface area contributed by atoms with E-state index in [4.69, 9.17) is 5.73 Å². The Hall–Kier alpha value is -0.630. The monoisotopic (exact) mass is 195 g/mol. The van der Waals surface area contributed by atoms with Crippen LogP contribution in [0, 0.1) is 6.92 Å². The van der Waals surface area contributed by atoms with Gasteiger partial charge < -0.3 is 5.73 Å². The molecule has 0 aliphatic heterocycles. The molecule has 13 heavy (non-hydrogen) atoms. The summed E-state index contributed by atoms with van der Waals surface area (Å²) in [6.45, 7) is 8.74. The molecule has 0 aliphatic rings. The van der Waals surface area contributed by atoms with Crippen molar-refractivity contribution in [2.24, 2.45) is 0 Å². The van der Waals surface area contributed by atoms with Crippen LogP contribution in [0.1, 0.15) is 26.3 Å². The Morgan fingerprint density at radius 3 is 2.38 bits per heavy atom. The average molecular weight is 195 g/mol. The fraction of sp³-hybridized carbons (Fsp3) is 0.455. The van der Waals surface area contributed by atoms with E-state index in [1.165, 1.54) is 10.5 Å². The molecule has 2 heteroatoms. The Kier molecular flexibility index (Phi) is 2.91. The molecule has 1 rings (SSSR count). The summed E-state index contributed by atoms with van der Waals surface area (Å²) in [4.78, 5) is 1.28. The van der Waals surface area contributed by atoms with E-state index >= 15 is 0 Å². The lowest BCUT2D eigenvalue weighted by molar-refractivity contribution is 0.802. The second-order valence-electron chi connectivity index (χ2n) is 4.24. The minimum Gasteiger partial charge on any atom is -0.399 e. The first-order valence-corrected chi connectivity index (χ1v) is 5.25. The van der Waals surface area contributed by atoms with E-state index in [2.05, 4.69) is 33.8 Å². The van der Waals surface area contributed by atoms with Crippen LogP contribution in [0.4, 0.5) is 5.69 Å². The maximum Gasteiger partial charge on any atom is 0.0325 e. The van der Waals surface area contributed by atoms with Crippen molar-refractivity contribution in [3.8, 4) is 0 Å². The van der Waals surface area contributed by atoms with Crippen LogP contribution in [0.25, 0.3) is 0 Å². The molecule has 1 nitrogen and oxygen atoms in total. The third kappa shape index (κ3) is 3.31. The van der Waals surface area contributed by atoms with E-state index in [0.29, 0.717) is 0 Å². The zero-order valence-corrected chi connectivity index (χ0v) is 9.53. The molecule has 0 radical (unpaired) electrons. The maximum atomic E-state index is 5.73. The van der Waals surface area contributed by atoms with Crippen LogP contribution in [-0.4, -0.2) is 4.75 Å². The summed E-state index contributed by atoms with van der Waals surface area (Å²) >= 11 is 1.86. The third-order valence-electron chi connectivity index (χ3n) is 1.63. The molecular formula is C11H17NS. The lowest BCUT2D eigenvalue weighted by Gasteiger charge is -2.19. The van der Waals surface area contributed by atoms with Crippen LogP contribution in [0.5, 0.6) is 0 Å². The second-order valence-corrected chi connectivity index (χ2v) is 6.11. The molecule has 0 atom stereocenters. The number of anilines is 1. The smallest absolute Gasteiger partial charge is 0.0325 e. The van der Waals surface area contributed by atoms with Gasteiger partial charge in [0.1, 0.15) is 0 Å². The van der Waals surface area contributed by atoms with E-state index in [1.54, 1.807) is 0 Å². The van der Waals surface area contributed by atoms with Crippen molar-refractivity contribution < 1.29 is 0 Å². The number of benzene rings is 1. The number of nitrogen functional groups attached to an aromatic ring is 1. The van der Waals surface area contributed by atoms with E-state index in [1.807, 2.05) is 23.9 Å². The molecule has 0 spiro atoms. The highest BCUT2D eigenvalue weighted by Gasteiger charge is 2.13. The van der Waals surface area contributed by atoms with Gasteiger partial charge in [-0.3, -0.25) is 0 Å². The van der Waals surface area contributed by atoms with Crippen molar-refractivity contribution in [2.45, 2.75) is 37.3 Å². The Bertz CT molecular complexity index is 299.